The molecule has 1 nitrogen and oxygen atoms in total. The first-order valence-corrected chi connectivity index (χ1v) is 9.34. The summed E-state index contributed by atoms with van der Waals surface area (Å²) in [4.78, 5) is 0. The van der Waals surface area contributed by atoms with Crippen LogP contribution in [0.25, 0.3) is 0 Å². The number of hydrogen-bond donors (Lipinski definition) is 0. The van der Waals surface area contributed by atoms with E-state index in [4.69, 9.17) is 4.74 Å². The first-order chi connectivity index (χ1) is 9.70. The molecule has 0 saturated carbocycles. The van der Waals surface area contributed by atoms with Crippen LogP contribution in [0.5, 0.6) is 0 Å². The fourth-order valence-corrected chi connectivity index (χ4v) is 3.68. The highest BCUT2D eigenvalue weighted by atomic mass is 16.5. The third-order valence-electron chi connectivity index (χ3n) is 4.85. The highest BCUT2D eigenvalue weighted by molar-refractivity contribution is 4.86. The van der Waals surface area contributed by atoms with Gasteiger partial charge in [0.05, 0.1) is 5.60 Å². The predicted octanol–water partition coefficient (Wildman–Crippen LogP) is 6.75. The highest BCUT2D eigenvalue weighted by Crippen LogP contribution is 2.36. The molecule has 20 heavy (non-hydrogen) atoms. The molecule has 0 aromatic heterocycles. The summed E-state index contributed by atoms with van der Waals surface area (Å²) in [5.41, 5.74) is 0.154. The molecule has 0 amide bonds. The first kappa shape index (κ1) is 20.0. The van der Waals surface area contributed by atoms with Crippen LogP contribution in [0.2, 0.25) is 0 Å². The van der Waals surface area contributed by atoms with Gasteiger partial charge in [0.25, 0.3) is 0 Å². The van der Waals surface area contributed by atoms with Gasteiger partial charge in [-0.05, 0) is 32.1 Å². The highest BCUT2D eigenvalue weighted by Gasteiger charge is 2.35. The van der Waals surface area contributed by atoms with E-state index in [2.05, 4.69) is 34.6 Å². The van der Waals surface area contributed by atoms with Crippen LogP contribution in [0.3, 0.4) is 0 Å². The van der Waals surface area contributed by atoms with Gasteiger partial charge in [-0.1, -0.05) is 79.1 Å². The van der Waals surface area contributed by atoms with E-state index in [1.807, 2.05) is 0 Å². The maximum atomic E-state index is 6.27. The lowest BCUT2D eigenvalue weighted by Crippen LogP contribution is -2.40. The average molecular weight is 285 g/mol. The van der Waals surface area contributed by atoms with Gasteiger partial charge in [-0.3, -0.25) is 0 Å². The molecule has 2 unspecified atom stereocenters. The van der Waals surface area contributed by atoms with E-state index in [1.54, 1.807) is 0 Å². The maximum Gasteiger partial charge on any atom is 0.0707 e. The Bertz CT molecular complexity index is 194. The van der Waals surface area contributed by atoms with Crippen LogP contribution >= 0.6 is 0 Å². The van der Waals surface area contributed by atoms with Gasteiger partial charge in [0.1, 0.15) is 0 Å². The zero-order valence-electron chi connectivity index (χ0n) is 15.0. The Balaban J connectivity index is 4.28. The van der Waals surface area contributed by atoms with Crippen LogP contribution in [0, 0.1) is 5.92 Å². The zero-order valence-corrected chi connectivity index (χ0v) is 15.0. The second-order valence-corrected chi connectivity index (χ2v) is 6.26. The first-order valence-electron chi connectivity index (χ1n) is 9.34. The topological polar surface area (TPSA) is 9.23 Å². The summed E-state index contributed by atoms with van der Waals surface area (Å²) in [6, 6.07) is 0. The molecule has 0 spiro atoms. The summed E-state index contributed by atoms with van der Waals surface area (Å²) in [5, 5.41) is 0. The third-order valence-corrected chi connectivity index (χ3v) is 4.85. The Hall–Kier alpha value is -0.0400. The number of ether oxygens (including phenoxy) is 1. The van der Waals surface area contributed by atoms with Crippen molar-refractivity contribution in [2.75, 3.05) is 6.61 Å². The Kier molecular flexibility index (Phi) is 12.7. The van der Waals surface area contributed by atoms with E-state index in [1.165, 1.54) is 70.6 Å². The molecule has 1 heteroatoms. The lowest BCUT2D eigenvalue weighted by Gasteiger charge is -2.40. The Morgan fingerprint density at radius 2 is 1.45 bits per heavy atom. The van der Waals surface area contributed by atoms with E-state index < -0.39 is 0 Å². The van der Waals surface area contributed by atoms with Crippen molar-refractivity contribution in [2.45, 2.75) is 111 Å². The van der Waals surface area contributed by atoms with Gasteiger partial charge in [-0.25, -0.2) is 0 Å². The SMILES string of the molecule is CCCCCCCCC(CC)C(CC)(CCC)OCC. The van der Waals surface area contributed by atoms with Gasteiger partial charge < -0.3 is 4.74 Å². The summed E-state index contributed by atoms with van der Waals surface area (Å²) in [6.07, 6.45) is 14.7. The van der Waals surface area contributed by atoms with Crippen LogP contribution in [-0.2, 0) is 4.74 Å². The molecule has 0 fully saturated rings. The second kappa shape index (κ2) is 12.7. The van der Waals surface area contributed by atoms with Crippen LogP contribution < -0.4 is 0 Å². The average Bonchev–Trinajstić information content (AvgIpc) is 2.46. The van der Waals surface area contributed by atoms with Crippen molar-refractivity contribution in [2.24, 2.45) is 5.92 Å². The molecule has 0 radical (unpaired) electrons. The molecular formula is C19H40O. The van der Waals surface area contributed by atoms with Gasteiger partial charge in [0, 0.05) is 6.61 Å². The molecule has 0 aliphatic carbocycles. The van der Waals surface area contributed by atoms with Crippen molar-refractivity contribution in [3.05, 3.63) is 0 Å². The van der Waals surface area contributed by atoms with Crippen LogP contribution in [-0.4, -0.2) is 12.2 Å². The molecule has 0 aromatic rings. The van der Waals surface area contributed by atoms with Gasteiger partial charge in [0.2, 0.25) is 0 Å². The lowest BCUT2D eigenvalue weighted by molar-refractivity contribution is -0.0953. The molecule has 122 valence electrons. The number of hydrogen-bond acceptors (Lipinski definition) is 1. The van der Waals surface area contributed by atoms with Crippen molar-refractivity contribution >= 4 is 0 Å². The van der Waals surface area contributed by atoms with Gasteiger partial charge in [-0.15, -0.1) is 0 Å². The minimum Gasteiger partial charge on any atom is -0.375 e. The van der Waals surface area contributed by atoms with Crippen LogP contribution in [0.4, 0.5) is 0 Å². The maximum absolute atomic E-state index is 6.27. The largest absolute Gasteiger partial charge is 0.375 e. The molecule has 0 aliphatic rings. The summed E-state index contributed by atoms with van der Waals surface area (Å²) in [5.74, 6) is 0.749. The van der Waals surface area contributed by atoms with E-state index in [9.17, 15) is 0 Å². The Labute approximate surface area is 128 Å². The lowest BCUT2D eigenvalue weighted by atomic mass is 9.77. The van der Waals surface area contributed by atoms with E-state index in [0.717, 1.165) is 12.5 Å². The van der Waals surface area contributed by atoms with Crippen molar-refractivity contribution in [1.82, 2.24) is 0 Å². The summed E-state index contributed by atoms with van der Waals surface area (Å²) >= 11 is 0. The third kappa shape index (κ3) is 7.11. The van der Waals surface area contributed by atoms with E-state index in [-0.39, 0.29) is 5.60 Å². The van der Waals surface area contributed by atoms with Crippen LogP contribution in [0.15, 0.2) is 0 Å². The van der Waals surface area contributed by atoms with Gasteiger partial charge in [0.15, 0.2) is 0 Å². The molecular weight excluding hydrogens is 244 g/mol. The van der Waals surface area contributed by atoms with Gasteiger partial charge in [-0.2, -0.15) is 0 Å². The Morgan fingerprint density at radius 3 is 1.95 bits per heavy atom. The fourth-order valence-electron chi connectivity index (χ4n) is 3.68. The molecule has 0 aromatic carbocycles. The quantitative estimate of drug-likeness (QED) is 0.321. The fraction of sp³-hybridized carbons (Fsp3) is 1.00. The molecule has 0 N–H and O–H groups in total. The molecule has 0 heterocycles. The summed E-state index contributed by atoms with van der Waals surface area (Å²) in [7, 11) is 0. The smallest absolute Gasteiger partial charge is 0.0707 e. The van der Waals surface area contributed by atoms with Gasteiger partial charge >= 0.3 is 0 Å². The zero-order chi connectivity index (χ0) is 15.3. The summed E-state index contributed by atoms with van der Waals surface area (Å²) < 4.78 is 6.27. The minimum atomic E-state index is 0.154. The molecule has 2 atom stereocenters. The van der Waals surface area contributed by atoms with E-state index >= 15 is 0 Å². The van der Waals surface area contributed by atoms with Crippen LogP contribution in [0.1, 0.15) is 105 Å². The second-order valence-electron chi connectivity index (χ2n) is 6.26. The molecule has 0 saturated heterocycles. The normalized spacial score (nSPS) is 16.1. The summed E-state index contributed by atoms with van der Waals surface area (Å²) in [6.45, 7) is 12.3. The molecule has 0 aliphatic heterocycles. The number of rotatable bonds is 14. The van der Waals surface area contributed by atoms with Crippen molar-refractivity contribution in [3.8, 4) is 0 Å². The number of unbranched alkanes of at least 4 members (excludes halogenated alkanes) is 5. The molecule has 0 bridgehead atoms. The molecule has 0 rings (SSSR count). The van der Waals surface area contributed by atoms with Crippen molar-refractivity contribution in [3.63, 3.8) is 0 Å². The van der Waals surface area contributed by atoms with Crippen molar-refractivity contribution < 1.29 is 4.74 Å². The predicted molar refractivity (Wildman–Crippen MR) is 91.3 cm³/mol. The monoisotopic (exact) mass is 284 g/mol. The van der Waals surface area contributed by atoms with E-state index in [0.29, 0.717) is 0 Å². The minimum absolute atomic E-state index is 0.154. The van der Waals surface area contributed by atoms with Crippen molar-refractivity contribution in [1.29, 1.82) is 0 Å². The Morgan fingerprint density at radius 1 is 0.800 bits per heavy atom. The standard InChI is InChI=1S/C19H40O/c1-6-11-12-13-14-15-16-18(8-3)19(9-4,17-7-2)20-10-5/h18H,6-17H2,1-5H3.